The maximum Gasteiger partial charge on any atom is 0.407 e. The number of halogens is 1. The van der Waals surface area contributed by atoms with Gasteiger partial charge in [0.1, 0.15) is 17.3 Å². The average molecular weight is 521 g/mol. The molecule has 4 heterocycles. The minimum absolute atomic E-state index is 0.191. The van der Waals surface area contributed by atoms with Gasteiger partial charge < -0.3 is 34.7 Å². The molecule has 0 atom stereocenters. The number of rotatable bonds is 4. The number of pyridine rings is 1. The summed E-state index contributed by atoms with van der Waals surface area (Å²) in [4.78, 5) is 30.0. The number of carbonyl (C=O) groups is 1. The van der Waals surface area contributed by atoms with E-state index >= 15 is 4.39 Å². The zero-order valence-corrected chi connectivity index (χ0v) is 20.8. The van der Waals surface area contributed by atoms with Gasteiger partial charge in [0.25, 0.3) is 0 Å². The molecule has 2 saturated heterocycles. The number of hydrogen-bond donors (Lipinski definition) is 3. The Hall–Kier alpha value is -4.05. The number of H-pyrrole nitrogens is 1. The molecular formula is C28H29FN4O5. The number of morpholine rings is 1. The van der Waals surface area contributed by atoms with Gasteiger partial charge in [-0.3, -0.25) is 4.79 Å². The Morgan fingerprint density at radius 1 is 1.03 bits per heavy atom. The Balaban J connectivity index is 1.26. The van der Waals surface area contributed by atoms with Crippen LogP contribution in [0.15, 0.2) is 47.3 Å². The van der Waals surface area contributed by atoms with Gasteiger partial charge >= 0.3 is 6.09 Å². The van der Waals surface area contributed by atoms with Crippen molar-refractivity contribution in [2.24, 2.45) is 0 Å². The molecule has 1 amide bonds. The quantitative estimate of drug-likeness (QED) is 0.369. The van der Waals surface area contributed by atoms with Crippen molar-refractivity contribution in [2.45, 2.75) is 25.3 Å². The lowest BCUT2D eigenvalue weighted by Gasteiger charge is -2.31. The van der Waals surface area contributed by atoms with E-state index in [2.05, 4.69) is 15.2 Å². The first-order valence-electron chi connectivity index (χ1n) is 12.9. The van der Waals surface area contributed by atoms with Crippen LogP contribution in [-0.4, -0.2) is 66.5 Å². The Kier molecular flexibility index (Phi) is 6.40. The summed E-state index contributed by atoms with van der Waals surface area (Å²) in [5.41, 5.74) is 3.79. The first kappa shape index (κ1) is 24.3. The summed E-state index contributed by atoms with van der Waals surface area (Å²) in [7, 11) is 0. The normalized spacial score (nSPS) is 17.4. The molecule has 2 aromatic carbocycles. The van der Waals surface area contributed by atoms with E-state index < -0.39 is 11.9 Å². The Labute approximate surface area is 218 Å². The van der Waals surface area contributed by atoms with Gasteiger partial charge in [0.05, 0.1) is 24.5 Å². The number of carboxylic acid groups (broad SMARTS) is 1. The maximum atomic E-state index is 15.3. The lowest BCUT2D eigenvalue weighted by atomic mass is 9.95. The summed E-state index contributed by atoms with van der Waals surface area (Å²) in [5, 5.41) is 12.7. The van der Waals surface area contributed by atoms with Crippen LogP contribution in [0.4, 0.5) is 20.6 Å². The van der Waals surface area contributed by atoms with Crippen LogP contribution in [-0.2, 0) is 11.2 Å². The largest absolute Gasteiger partial charge is 0.465 e. The van der Waals surface area contributed by atoms with Gasteiger partial charge in [-0.2, -0.15) is 0 Å². The Morgan fingerprint density at radius 3 is 2.58 bits per heavy atom. The predicted molar refractivity (Wildman–Crippen MR) is 141 cm³/mol. The number of fused-ring (bicyclic) bond motifs is 2. The van der Waals surface area contributed by atoms with Gasteiger partial charge in [0.15, 0.2) is 0 Å². The zero-order chi connectivity index (χ0) is 26.2. The zero-order valence-electron chi connectivity index (χ0n) is 20.8. The fraction of sp³-hybridized carbons (Fsp3) is 0.357. The molecule has 3 aliphatic heterocycles. The number of hydrogen-bond acceptors (Lipinski definition) is 6. The van der Waals surface area contributed by atoms with E-state index in [0.717, 1.165) is 35.3 Å². The summed E-state index contributed by atoms with van der Waals surface area (Å²) in [6.45, 7) is 3.51. The first-order valence-corrected chi connectivity index (χ1v) is 12.9. The average Bonchev–Trinajstić information content (AvgIpc) is 2.92. The number of ether oxygens (including phenoxy) is 2. The lowest BCUT2D eigenvalue weighted by molar-refractivity contribution is 0.122. The molecule has 0 unspecified atom stereocenters. The summed E-state index contributed by atoms with van der Waals surface area (Å²) in [6.07, 6.45) is 1.17. The highest BCUT2D eigenvalue weighted by atomic mass is 19.1. The van der Waals surface area contributed by atoms with E-state index in [0.29, 0.717) is 63.0 Å². The van der Waals surface area contributed by atoms with E-state index in [9.17, 15) is 9.59 Å². The number of likely N-dealkylation sites (tertiary alicyclic amines) is 1. The van der Waals surface area contributed by atoms with Gasteiger partial charge in [0, 0.05) is 67.2 Å². The summed E-state index contributed by atoms with van der Waals surface area (Å²) >= 11 is 0. The van der Waals surface area contributed by atoms with Crippen molar-refractivity contribution in [3.8, 4) is 22.8 Å². The van der Waals surface area contributed by atoms with Crippen molar-refractivity contribution in [3.05, 3.63) is 69.8 Å². The SMILES string of the molecule is O=C(O)N1CCC(Nc2ccc3c(c2)Cc2ccc(F)c(-c4cc(N5CCOCC5)cc(=O)[nH]4)c2O3)CC1. The number of amides is 1. The van der Waals surface area contributed by atoms with Crippen LogP contribution in [0.5, 0.6) is 11.5 Å². The third-order valence-electron chi connectivity index (χ3n) is 7.45. The van der Waals surface area contributed by atoms with E-state index in [1.54, 1.807) is 12.1 Å². The maximum absolute atomic E-state index is 15.3. The van der Waals surface area contributed by atoms with Crippen molar-refractivity contribution < 1.29 is 23.8 Å². The third kappa shape index (κ3) is 4.79. The van der Waals surface area contributed by atoms with Crippen molar-refractivity contribution in [3.63, 3.8) is 0 Å². The molecule has 3 aromatic rings. The highest BCUT2D eigenvalue weighted by Crippen LogP contribution is 2.44. The van der Waals surface area contributed by atoms with Crippen molar-refractivity contribution in [1.82, 2.24) is 9.88 Å². The fourth-order valence-corrected chi connectivity index (χ4v) is 5.45. The van der Waals surface area contributed by atoms with Crippen LogP contribution < -0.4 is 20.5 Å². The second-order valence-electron chi connectivity index (χ2n) is 9.92. The van der Waals surface area contributed by atoms with Gasteiger partial charge in [0.2, 0.25) is 5.56 Å². The molecule has 10 heteroatoms. The first-order chi connectivity index (χ1) is 18.4. The van der Waals surface area contributed by atoms with Crippen LogP contribution in [0.25, 0.3) is 11.3 Å². The molecule has 1 aromatic heterocycles. The summed E-state index contributed by atoms with van der Waals surface area (Å²) < 4.78 is 26.9. The third-order valence-corrected chi connectivity index (χ3v) is 7.45. The summed E-state index contributed by atoms with van der Waals surface area (Å²) in [6, 6.07) is 12.5. The van der Waals surface area contributed by atoms with Gasteiger partial charge in [-0.1, -0.05) is 6.07 Å². The second kappa shape index (κ2) is 10.0. The molecule has 0 saturated carbocycles. The van der Waals surface area contributed by atoms with Crippen LogP contribution in [0.2, 0.25) is 0 Å². The van der Waals surface area contributed by atoms with Crippen LogP contribution in [0.3, 0.4) is 0 Å². The molecule has 3 aliphatic rings. The number of nitrogens with zero attached hydrogens (tertiary/aromatic N) is 2. The topological polar surface area (TPSA) is 107 Å². The molecule has 0 aliphatic carbocycles. The Morgan fingerprint density at radius 2 is 1.82 bits per heavy atom. The fourth-order valence-electron chi connectivity index (χ4n) is 5.45. The predicted octanol–water partition coefficient (Wildman–Crippen LogP) is 4.27. The molecule has 6 rings (SSSR count). The van der Waals surface area contributed by atoms with Crippen molar-refractivity contribution >= 4 is 17.5 Å². The van der Waals surface area contributed by atoms with E-state index in [1.807, 2.05) is 18.2 Å². The van der Waals surface area contributed by atoms with E-state index in [1.165, 1.54) is 17.0 Å². The van der Waals surface area contributed by atoms with Crippen LogP contribution >= 0.6 is 0 Å². The lowest BCUT2D eigenvalue weighted by Crippen LogP contribution is -2.41. The number of anilines is 2. The molecule has 9 nitrogen and oxygen atoms in total. The van der Waals surface area contributed by atoms with Gasteiger partial charge in [-0.15, -0.1) is 0 Å². The Bertz CT molecular complexity index is 1430. The number of piperidine rings is 1. The van der Waals surface area contributed by atoms with Crippen molar-refractivity contribution in [1.29, 1.82) is 0 Å². The minimum Gasteiger partial charge on any atom is -0.465 e. The monoisotopic (exact) mass is 520 g/mol. The molecule has 38 heavy (non-hydrogen) atoms. The van der Waals surface area contributed by atoms with Gasteiger partial charge in [-0.25, -0.2) is 9.18 Å². The van der Waals surface area contributed by atoms with Gasteiger partial charge in [-0.05, 0) is 43.2 Å². The molecule has 2 fully saturated rings. The molecular weight excluding hydrogens is 491 g/mol. The van der Waals surface area contributed by atoms with E-state index in [4.69, 9.17) is 14.6 Å². The number of nitrogens with one attached hydrogen (secondary N) is 2. The van der Waals surface area contributed by atoms with E-state index in [-0.39, 0.29) is 17.2 Å². The molecule has 198 valence electrons. The summed E-state index contributed by atoms with van der Waals surface area (Å²) in [5.74, 6) is 0.587. The molecule has 0 spiro atoms. The molecule has 0 radical (unpaired) electrons. The number of aromatic amines is 1. The minimum atomic E-state index is -0.874. The van der Waals surface area contributed by atoms with Crippen LogP contribution in [0.1, 0.15) is 24.0 Å². The molecule has 3 N–H and O–H groups in total. The smallest absolute Gasteiger partial charge is 0.407 e. The number of benzene rings is 2. The highest BCUT2D eigenvalue weighted by molar-refractivity contribution is 5.75. The standard InChI is InChI=1S/C28H29FN4O5/c29-22-3-1-17-13-18-14-20(30-19-5-7-33(8-6-19)28(35)36)2-4-24(18)38-27(17)26(22)23-15-21(16-25(34)31-23)32-9-11-37-12-10-32/h1-4,14-16,19,30H,5-13H2,(H,31,34)(H,35,36). The highest BCUT2D eigenvalue weighted by Gasteiger charge is 2.26. The second-order valence-corrected chi connectivity index (χ2v) is 9.92. The molecule has 0 bridgehead atoms. The van der Waals surface area contributed by atoms with Crippen LogP contribution in [0, 0.1) is 5.82 Å². The number of aromatic nitrogens is 1. The van der Waals surface area contributed by atoms with Crippen molar-refractivity contribution in [2.75, 3.05) is 49.6 Å².